The fraction of sp³-hybridized carbons (Fsp3) is 0.552. The lowest BCUT2D eigenvalue weighted by atomic mass is 9.64. The number of nitrogens with zero attached hydrogens (tertiary/aromatic N) is 2. The van der Waals surface area contributed by atoms with Gasteiger partial charge in [-0.05, 0) is 81.2 Å². The molecular weight excluding hydrogens is 459 g/mol. The largest absolute Gasteiger partial charge is 0.504 e. The minimum Gasteiger partial charge on any atom is -0.504 e. The molecule has 1 aliphatic heterocycles. The number of aliphatic hydroxyl groups is 1. The van der Waals surface area contributed by atoms with Crippen molar-refractivity contribution in [1.29, 1.82) is 0 Å². The molecule has 198 valence electrons. The van der Waals surface area contributed by atoms with Crippen molar-refractivity contribution < 1.29 is 24.5 Å². The van der Waals surface area contributed by atoms with Crippen LogP contribution in [0.25, 0.3) is 0 Å². The third-order valence-corrected chi connectivity index (χ3v) is 8.12. The molecule has 2 aliphatic rings. The summed E-state index contributed by atoms with van der Waals surface area (Å²) in [6.45, 7) is 13.4. The monoisotopic (exact) mass is 500 g/mol. The van der Waals surface area contributed by atoms with Gasteiger partial charge in [-0.2, -0.15) is 0 Å². The quantitative estimate of drug-likeness (QED) is 0.324. The van der Waals surface area contributed by atoms with Crippen molar-refractivity contribution in [2.75, 3.05) is 19.6 Å². The number of benzene rings is 1. The van der Waals surface area contributed by atoms with E-state index in [2.05, 4.69) is 18.1 Å². The molecule has 0 bridgehead atoms. The molecule has 5 unspecified atom stereocenters. The van der Waals surface area contributed by atoms with E-state index in [0.717, 1.165) is 18.5 Å². The molecule has 0 spiro atoms. The maximum atomic E-state index is 13.3. The van der Waals surface area contributed by atoms with Crippen molar-refractivity contribution in [1.82, 2.24) is 9.80 Å². The van der Waals surface area contributed by atoms with Crippen LogP contribution in [-0.2, 0) is 11.2 Å². The van der Waals surface area contributed by atoms with Gasteiger partial charge in [-0.3, -0.25) is 9.69 Å². The van der Waals surface area contributed by atoms with E-state index in [4.69, 9.17) is 0 Å². The first kappa shape index (κ1) is 27.9. The Bertz CT molecular complexity index is 967. The van der Waals surface area contributed by atoms with Crippen LogP contribution in [0.4, 0.5) is 4.39 Å². The highest BCUT2D eigenvalue weighted by atomic mass is 19.1. The molecule has 0 aromatic heterocycles. The van der Waals surface area contributed by atoms with Crippen molar-refractivity contribution in [2.45, 2.75) is 63.6 Å². The molecule has 36 heavy (non-hydrogen) atoms. The van der Waals surface area contributed by atoms with Gasteiger partial charge in [-0.15, -0.1) is 13.2 Å². The minimum atomic E-state index is -0.964. The summed E-state index contributed by atoms with van der Waals surface area (Å²) in [5.74, 6) is -0.911. The van der Waals surface area contributed by atoms with E-state index in [9.17, 15) is 24.5 Å². The van der Waals surface area contributed by atoms with E-state index < -0.39 is 11.5 Å². The molecule has 2 fully saturated rings. The van der Waals surface area contributed by atoms with Crippen LogP contribution in [0.3, 0.4) is 0 Å². The number of carbonyl (C=O) groups excluding carboxylic acids is 1. The number of hydrogen-bond donors (Lipinski definition) is 3. The number of fused-ring (bicyclic) bond motifs is 1. The van der Waals surface area contributed by atoms with Crippen molar-refractivity contribution in [3.05, 3.63) is 61.5 Å². The van der Waals surface area contributed by atoms with Crippen LogP contribution >= 0.6 is 0 Å². The summed E-state index contributed by atoms with van der Waals surface area (Å²) in [5.41, 5.74) is -0.127. The van der Waals surface area contributed by atoms with Crippen molar-refractivity contribution in [3.63, 3.8) is 0 Å². The highest BCUT2D eigenvalue weighted by Crippen LogP contribution is 2.46. The van der Waals surface area contributed by atoms with Gasteiger partial charge in [-0.25, -0.2) is 4.39 Å². The van der Waals surface area contributed by atoms with Gasteiger partial charge in [0.25, 0.3) is 0 Å². The predicted molar refractivity (Wildman–Crippen MR) is 140 cm³/mol. The summed E-state index contributed by atoms with van der Waals surface area (Å²) in [7, 11) is 0. The van der Waals surface area contributed by atoms with Crippen LogP contribution in [0.1, 0.15) is 45.1 Å². The Morgan fingerprint density at radius 1 is 1.28 bits per heavy atom. The average Bonchev–Trinajstić information content (AvgIpc) is 2.86. The number of phenolic OH excluding ortho intramolecular Hbond substituents is 2. The summed E-state index contributed by atoms with van der Waals surface area (Å²) in [4.78, 5) is 17.4. The second-order valence-corrected chi connectivity index (χ2v) is 10.5. The zero-order valence-electron chi connectivity index (χ0n) is 21.5. The SMILES string of the molecule is C=CCN1CCC2CC(N(CC(C)C=C)C(=O)C(C)/C=C/F)CCC2(O)[C@H]1Cc1ccc(O)c(O)c1. The molecule has 1 heterocycles. The van der Waals surface area contributed by atoms with Gasteiger partial charge in [-0.1, -0.05) is 25.1 Å². The van der Waals surface area contributed by atoms with E-state index >= 15 is 0 Å². The van der Waals surface area contributed by atoms with Gasteiger partial charge in [0.2, 0.25) is 5.91 Å². The summed E-state index contributed by atoms with van der Waals surface area (Å²) in [6.07, 6.45) is 8.56. The number of halogens is 1. The Balaban J connectivity index is 1.86. The fourth-order valence-electron chi connectivity index (χ4n) is 6.00. The summed E-state index contributed by atoms with van der Waals surface area (Å²) < 4.78 is 12.8. The number of aromatic hydroxyl groups is 2. The van der Waals surface area contributed by atoms with Crippen LogP contribution in [-0.4, -0.2) is 68.3 Å². The highest BCUT2D eigenvalue weighted by molar-refractivity contribution is 5.80. The Morgan fingerprint density at radius 3 is 2.67 bits per heavy atom. The molecule has 1 saturated carbocycles. The van der Waals surface area contributed by atoms with E-state index in [1.54, 1.807) is 19.1 Å². The molecule has 3 N–H and O–H groups in total. The number of piperidine rings is 1. The molecule has 1 aromatic carbocycles. The summed E-state index contributed by atoms with van der Waals surface area (Å²) in [6, 6.07) is 4.57. The first-order valence-corrected chi connectivity index (χ1v) is 12.9. The number of rotatable bonds is 10. The third kappa shape index (κ3) is 6.01. The molecular formula is C29H41FN2O4. The van der Waals surface area contributed by atoms with Crippen LogP contribution in [0, 0.1) is 17.8 Å². The lowest BCUT2D eigenvalue weighted by Crippen LogP contribution is -2.65. The molecule has 1 saturated heterocycles. The van der Waals surface area contributed by atoms with Crippen molar-refractivity contribution in [2.24, 2.45) is 17.8 Å². The Morgan fingerprint density at radius 2 is 2.03 bits per heavy atom. The number of hydrogen-bond acceptors (Lipinski definition) is 5. The molecule has 1 aromatic rings. The molecule has 1 amide bonds. The number of phenols is 2. The van der Waals surface area contributed by atoms with Crippen molar-refractivity contribution >= 4 is 5.91 Å². The van der Waals surface area contributed by atoms with Crippen LogP contribution in [0.5, 0.6) is 11.5 Å². The molecule has 6 atom stereocenters. The molecule has 6 nitrogen and oxygen atoms in total. The minimum absolute atomic E-state index is 0.00520. The van der Waals surface area contributed by atoms with Crippen LogP contribution < -0.4 is 0 Å². The smallest absolute Gasteiger partial charge is 0.229 e. The standard InChI is InChI=1S/C29H41FN2O4/c1-5-14-31-15-11-23-18-24(32(19-20(3)6-2)28(35)21(4)10-13-30)9-12-29(23,36)27(31)17-22-7-8-25(33)26(34)16-22/h5-8,10,13,16,20-21,23-24,27,33-34,36H,1-2,9,11-12,14-15,17-19H2,3-4H3/b13-10+/t20?,21?,23?,24?,27-,29?/m1/s1. The lowest BCUT2D eigenvalue weighted by Gasteiger charge is -2.56. The second-order valence-electron chi connectivity index (χ2n) is 10.5. The van der Waals surface area contributed by atoms with E-state index in [0.29, 0.717) is 45.1 Å². The Hall–Kier alpha value is -2.64. The van der Waals surface area contributed by atoms with E-state index in [1.807, 2.05) is 24.0 Å². The Labute approximate surface area is 214 Å². The van der Waals surface area contributed by atoms with Gasteiger partial charge in [0.05, 0.1) is 17.8 Å². The maximum Gasteiger partial charge on any atom is 0.229 e. The Kier molecular flexibility index (Phi) is 9.36. The summed E-state index contributed by atoms with van der Waals surface area (Å²) >= 11 is 0. The first-order chi connectivity index (χ1) is 17.1. The lowest BCUT2D eigenvalue weighted by molar-refractivity contribution is -0.158. The predicted octanol–water partition coefficient (Wildman–Crippen LogP) is 4.57. The van der Waals surface area contributed by atoms with Gasteiger partial charge in [0, 0.05) is 25.2 Å². The van der Waals surface area contributed by atoms with E-state index in [1.165, 1.54) is 12.1 Å². The van der Waals surface area contributed by atoms with Crippen LogP contribution in [0.2, 0.25) is 0 Å². The van der Waals surface area contributed by atoms with Gasteiger partial charge >= 0.3 is 0 Å². The third-order valence-electron chi connectivity index (χ3n) is 8.12. The molecule has 3 rings (SSSR count). The molecule has 0 radical (unpaired) electrons. The normalized spacial score (nSPS) is 28.3. The van der Waals surface area contributed by atoms with Gasteiger partial charge < -0.3 is 20.2 Å². The molecule has 7 heteroatoms. The topological polar surface area (TPSA) is 84.2 Å². The number of carbonyl (C=O) groups is 1. The first-order valence-electron chi connectivity index (χ1n) is 12.9. The van der Waals surface area contributed by atoms with E-state index in [-0.39, 0.29) is 41.3 Å². The number of likely N-dealkylation sites (tertiary alicyclic amines) is 1. The zero-order valence-corrected chi connectivity index (χ0v) is 21.5. The molecule has 1 aliphatic carbocycles. The van der Waals surface area contributed by atoms with Gasteiger partial charge in [0.1, 0.15) is 0 Å². The second kappa shape index (κ2) is 12.1. The summed E-state index contributed by atoms with van der Waals surface area (Å²) in [5, 5.41) is 31.8. The fourth-order valence-corrected chi connectivity index (χ4v) is 6.00. The number of amides is 1. The highest BCUT2D eigenvalue weighted by Gasteiger charge is 2.52. The van der Waals surface area contributed by atoms with Crippen LogP contribution in [0.15, 0.2) is 55.9 Å². The maximum absolute atomic E-state index is 13.3. The average molecular weight is 501 g/mol. The zero-order chi connectivity index (χ0) is 26.5. The van der Waals surface area contributed by atoms with Gasteiger partial charge in [0.15, 0.2) is 11.5 Å². The van der Waals surface area contributed by atoms with Crippen molar-refractivity contribution in [3.8, 4) is 11.5 Å².